The van der Waals surface area contributed by atoms with E-state index in [4.69, 9.17) is 16.6 Å². The fraction of sp³-hybridized carbons (Fsp3) is 0.200. The largest absolute Gasteiger partial charge is 0.456 e. The maximum absolute atomic E-state index is 12.7. The standard InChI is InChI=1S/C25H22N4O4S/c30-24(16-8-11-20(21(14-16)29(31)32)28-12-4-1-5-13-28)27-25(34)26-17-9-10-19-18-6-2-3-7-22(18)33-23(19)15-17/h2-3,6-11,14-15H,1,4-5,12-13H2,(H2,26,27,30,34). The summed E-state index contributed by atoms with van der Waals surface area (Å²) < 4.78 is 5.88. The third-order valence-electron chi connectivity index (χ3n) is 5.99. The third-order valence-corrected chi connectivity index (χ3v) is 6.20. The molecular weight excluding hydrogens is 452 g/mol. The van der Waals surface area contributed by atoms with Crippen molar-refractivity contribution in [1.29, 1.82) is 0 Å². The average Bonchev–Trinajstić information content (AvgIpc) is 3.21. The van der Waals surface area contributed by atoms with Gasteiger partial charge in [-0.3, -0.25) is 20.2 Å². The summed E-state index contributed by atoms with van der Waals surface area (Å²) in [7, 11) is 0. The number of carbonyl (C=O) groups excluding carboxylic acids is 1. The molecular formula is C25H22N4O4S. The van der Waals surface area contributed by atoms with Gasteiger partial charge in [0, 0.05) is 47.2 Å². The van der Waals surface area contributed by atoms with Gasteiger partial charge in [-0.15, -0.1) is 0 Å². The first-order chi connectivity index (χ1) is 16.5. The molecule has 3 aromatic carbocycles. The van der Waals surface area contributed by atoms with Crippen LogP contribution in [0.2, 0.25) is 0 Å². The zero-order chi connectivity index (χ0) is 23.7. The zero-order valence-electron chi connectivity index (χ0n) is 18.2. The van der Waals surface area contributed by atoms with Crippen molar-refractivity contribution in [2.24, 2.45) is 0 Å². The number of nitro groups is 1. The van der Waals surface area contributed by atoms with E-state index in [9.17, 15) is 14.9 Å². The number of carbonyl (C=O) groups is 1. The van der Waals surface area contributed by atoms with Crippen molar-refractivity contribution in [3.05, 3.63) is 76.3 Å². The summed E-state index contributed by atoms with van der Waals surface area (Å²) in [6, 6.07) is 17.9. The zero-order valence-corrected chi connectivity index (χ0v) is 19.1. The molecule has 1 saturated heterocycles. The molecule has 34 heavy (non-hydrogen) atoms. The number of anilines is 2. The lowest BCUT2D eigenvalue weighted by atomic mass is 10.1. The van der Waals surface area contributed by atoms with E-state index in [0.29, 0.717) is 17.0 Å². The fourth-order valence-electron chi connectivity index (χ4n) is 4.35. The molecule has 172 valence electrons. The van der Waals surface area contributed by atoms with Crippen molar-refractivity contribution in [3.8, 4) is 0 Å². The number of hydrogen-bond acceptors (Lipinski definition) is 6. The van der Waals surface area contributed by atoms with Gasteiger partial charge < -0.3 is 14.6 Å². The van der Waals surface area contributed by atoms with E-state index >= 15 is 0 Å². The number of rotatable bonds is 4. The second kappa shape index (κ2) is 9.11. The monoisotopic (exact) mass is 474 g/mol. The van der Waals surface area contributed by atoms with Gasteiger partial charge in [0.2, 0.25) is 0 Å². The topological polar surface area (TPSA) is 101 Å². The predicted octanol–water partition coefficient (Wildman–Crippen LogP) is 5.61. The van der Waals surface area contributed by atoms with Gasteiger partial charge in [-0.25, -0.2) is 0 Å². The average molecular weight is 475 g/mol. The first-order valence-corrected chi connectivity index (χ1v) is 11.5. The first kappa shape index (κ1) is 21.8. The molecule has 0 bridgehead atoms. The number of nitro benzene ring substituents is 1. The van der Waals surface area contributed by atoms with Gasteiger partial charge >= 0.3 is 0 Å². The molecule has 1 amide bonds. The maximum Gasteiger partial charge on any atom is 0.293 e. The molecule has 2 N–H and O–H groups in total. The Labute approximate surface area is 200 Å². The van der Waals surface area contributed by atoms with Gasteiger partial charge in [0.15, 0.2) is 5.11 Å². The Bertz CT molecular complexity index is 1430. The van der Waals surface area contributed by atoms with Crippen molar-refractivity contribution in [2.75, 3.05) is 23.3 Å². The van der Waals surface area contributed by atoms with Crippen LogP contribution in [0, 0.1) is 10.1 Å². The molecule has 8 nitrogen and oxygen atoms in total. The van der Waals surface area contributed by atoms with Gasteiger partial charge in [-0.2, -0.15) is 0 Å². The van der Waals surface area contributed by atoms with E-state index in [1.807, 2.05) is 47.4 Å². The summed E-state index contributed by atoms with van der Waals surface area (Å²) in [5, 5.41) is 19.3. The van der Waals surface area contributed by atoms with Crippen molar-refractivity contribution < 1.29 is 14.1 Å². The number of hydrogen-bond donors (Lipinski definition) is 2. The number of nitrogens with zero attached hydrogens (tertiary/aromatic N) is 2. The summed E-state index contributed by atoms with van der Waals surface area (Å²) >= 11 is 5.30. The lowest BCUT2D eigenvalue weighted by Crippen LogP contribution is -2.34. The molecule has 1 fully saturated rings. The maximum atomic E-state index is 12.7. The van der Waals surface area contributed by atoms with Crippen LogP contribution in [0.4, 0.5) is 17.1 Å². The van der Waals surface area contributed by atoms with Gasteiger partial charge in [0.05, 0.1) is 4.92 Å². The van der Waals surface area contributed by atoms with E-state index in [2.05, 4.69) is 10.6 Å². The Balaban J connectivity index is 1.31. The van der Waals surface area contributed by atoms with Gasteiger partial charge in [0.25, 0.3) is 11.6 Å². The first-order valence-electron chi connectivity index (χ1n) is 11.1. The summed E-state index contributed by atoms with van der Waals surface area (Å²) in [6.07, 6.45) is 3.12. The molecule has 0 spiro atoms. The minimum Gasteiger partial charge on any atom is -0.456 e. The van der Waals surface area contributed by atoms with Crippen LogP contribution in [-0.2, 0) is 0 Å². The molecule has 1 aromatic heterocycles. The highest BCUT2D eigenvalue weighted by atomic mass is 32.1. The second-order valence-electron chi connectivity index (χ2n) is 8.23. The highest BCUT2D eigenvalue weighted by Crippen LogP contribution is 2.32. The van der Waals surface area contributed by atoms with Crippen molar-refractivity contribution >= 4 is 62.2 Å². The number of nitrogens with one attached hydrogen (secondary N) is 2. The number of thiocarbonyl (C=S) groups is 1. The van der Waals surface area contributed by atoms with Gasteiger partial charge in [-0.1, -0.05) is 18.2 Å². The number of benzene rings is 3. The van der Waals surface area contributed by atoms with Crippen LogP contribution in [0.3, 0.4) is 0 Å². The molecule has 1 aliphatic heterocycles. The number of piperidine rings is 1. The van der Waals surface area contributed by atoms with E-state index in [-0.39, 0.29) is 16.4 Å². The van der Waals surface area contributed by atoms with Crippen LogP contribution < -0.4 is 15.5 Å². The summed E-state index contributed by atoms with van der Waals surface area (Å²) in [4.78, 5) is 26.0. The quantitative estimate of drug-likeness (QED) is 0.225. The molecule has 0 saturated carbocycles. The lowest BCUT2D eigenvalue weighted by molar-refractivity contribution is -0.384. The van der Waals surface area contributed by atoms with E-state index < -0.39 is 10.8 Å². The summed E-state index contributed by atoms with van der Waals surface area (Å²) in [5.41, 5.74) is 2.78. The van der Waals surface area contributed by atoms with Crippen LogP contribution in [0.15, 0.2) is 65.1 Å². The van der Waals surface area contributed by atoms with Crippen molar-refractivity contribution in [3.63, 3.8) is 0 Å². The molecule has 0 unspecified atom stereocenters. The lowest BCUT2D eigenvalue weighted by Gasteiger charge is -2.28. The SMILES string of the molecule is O=C(NC(=S)Nc1ccc2c(c1)oc1ccccc12)c1ccc(N2CCCCC2)c([N+](=O)[O-])c1. The van der Waals surface area contributed by atoms with Gasteiger partial charge in [0.1, 0.15) is 16.9 Å². The number of furan rings is 1. The van der Waals surface area contributed by atoms with E-state index in [1.165, 1.54) is 6.07 Å². The molecule has 9 heteroatoms. The highest BCUT2D eigenvalue weighted by Gasteiger charge is 2.23. The number of amides is 1. The van der Waals surface area contributed by atoms with Crippen molar-refractivity contribution in [1.82, 2.24) is 5.32 Å². The van der Waals surface area contributed by atoms with E-state index in [0.717, 1.165) is 48.7 Å². The fourth-order valence-corrected chi connectivity index (χ4v) is 4.56. The molecule has 4 aromatic rings. The molecule has 2 heterocycles. The highest BCUT2D eigenvalue weighted by molar-refractivity contribution is 7.80. The van der Waals surface area contributed by atoms with Crippen LogP contribution in [0.1, 0.15) is 29.6 Å². The molecule has 1 aliphatic rings. The second-order valence-corrected chi connectivity index (χ2v) is 8.63. The van der Waals surface area contributed by atoms with Crippen LogP contribution in [0.25, 0.3) is 21.9 Å². The molecule has 0 aliphatic carbocycles. The Morgan fingerprint density at radius 2 is 1.74 bits per heavy atom. The minimum atomic E-state index is -0.518. The Kier molecular flexibility index (Phi) is 5.85. The van der Waals surface area contributed by atoms with Gasteiger partial charge in [-0.05, 0) is 61.8 Å². The Morgan fingerprint density at radius 1 is 0.971 bits per heavy atom. The van der Waals surface area contributed by atoms with Crippen LogP contribution in [-0.4, -0.2) is 29.0 Å². The predicted molar refractivity (Wildman–Crippen MR) is 137 cm³/mol. The number of fused-ring (bicyclic) bond motifs is 3. The molecule has 5 rings (SSSR count). The third kappa shape index (κ3) is 4.29. The minimum absolute atomic E-state index is 0.0798. The van der Waals surface area contributed by atoms with E-state index in [1.54, 1.807) is 12.1 Å². The van der Waals surface area contributed by atoms with Crippen molar-refractivity contribution in [2.45, 2.75) is 19.3 Å². The Hall–Kier alpha value is -3.98. The normalized spacial score (nSPS) is 13.7. The van der Waals surface area contributed by atoms with Crippen LogP contribution in [0.5, 0.6) is 0 Å². The summed E-state index contributed by atoms with van der Waals surface area (Å²) in [5.74, 6) is -0.518. The molecule has 0 radical (unpaired) electrons. The summed E-state index contributed by atoms with van der Waals surface area (Å²) in [6.45, 7) is 1.55. The Morgan fingerprint density at radius 3 is 2.53 bits per heavy atom. The molecule has 0 atom stereocenters. The number of para-hydroxylation sites is 1. The van der Waals surface area contributed by atoms with Crippen LogP contribution >= 0.6 is 12.2 Å². The smallest absolute Gasteiger partial charge is 0.293 e.